The molecule has 1 heterocycles. The van der Waals surface area contributed by atoms with Crippen molar-refractivity contribution in [3.63, 3.8) is 0 Å². The molecule has 52 heavy (non-hydrogen) atoms. The first-order valence-corrected chi connectivity index (χ1v) is 20.9. The maximum absolute atomic E-state index is 13.7. The van der Waals surface area contributed by atoms with Gasteiger partial charge in [-0.3, -0.25) is 0 Å². The fraction of sp³-hybridized carbons (Fsp3) is 0.333. The Labute approximate surface area is 316 Å². The first-order valence-electron chi connectivity index (χ1n) is 16.7. The van der Waals surface area contributed by atoms with Crippen molar-refractivity contribution in [2.45, 2.75) is 37.5 Å². The lowest BCUT2D eigenvalue weighted by Crippen LogP contribution is -2.47. The molecular weight excluding hydrogens is 745 g/mol. The van der Waals surface area contributed by atoms with Gasteiger partial charge in [-0.05, 0) is 76.2 Å². The number of hydrogen-bond donors (Lipinski definition) is 0. The normalized spacial score (nSPS) is 18.4. The van der Waals surface area contributed by atoms with Crippen molar-refractivity contribution in [3.8, 4) is 11.5 Å². The third-order valence-corrected chi connectivity index (χ3v) is 12.2. The number of benzene rings is 4. The highest BCUT2D eigenvalue weighted by Crippen LogP contribution is 2.19. The third-order valence-electron chi connectivity index (χ3n) is 7.97. The summed E-state index contributed by atoms with van der Waals surface area (Å²) in [6, 6.07) is 28.8. The Morgan fingerprint density at radius 3 is 1.00 bits per heavy atom. The van der Waals surface area contributed by atoms with E-state index in [0.29, 0.717) is 21.3 Å². The van der Waals surface area contributed by atoms with Gasteiger partial charge in [-0.1, -0.05) is 70.8 Å². The van der Waals surface area contributed by atoms with Crippen molar-refractivity contribution >= 4 is 44.7 Å². The molecule has 1 aliphatic rings. The molecule has 4 unspecified atom stereocenters. The molecule has 4 aromatic carbocycles. The molecule has 0 spiro atoms. The van der Waals surface area contributed by atoms with Gasteiger partial charge in [0, 0.05) is 52.4 Å². The molecule has 4 atom stereocenters. The van der Waals surface area contributed by atoms with E-state index in [9.17, 15) is 16.8 Å². The van der Waals surface area contributed by atoms with E-state index in [4.69, 9.17) is 16.9 Å². The molecule has 5 rings (SSSR count). The smallest absolute Gasteiger partial charge is 0.290 e. The van der Waals surface area contributed by atoms with Crippen LogP contribution in [0.5, 0.6) is 11.5 Å². The van der Waals surface area contributed by atoms with Crippen molar-refractivity contribution in [1.29, 1.82) is 0 Å². The second-order valence-corrected chi connectivity index (χ2v) is 16.6. The van der Waals surface area contributed by atoms with Gasteiger partial charge in [0.2, 0.25) is 22.2 Å². The largest absolute Gasteiger partial charge is 0.389 e. The summed E-state index contributed by atoms with van der Waals surface area (Å²) in [5.41, 5.74) is 4.11. The highest BCUT2D eigenvalue weighted by molar-refractivity contribution is 7.80. The van der Waals surface area contributed by atoms with Crippen LogP contribution >= 0.6 is 0 Å². The average molecular weight is 789 g/mol. The quantitative estimate of drug-likeness (QED) is 0.193. The highest BCUT2D eigenvalue weighted by Gasteiger charge is 2.26. The molecule has 1 fully saturated rings. The highest BCUT2D eigenvalue weighted by atomic mass is 32.2. The molecule has 0 aliphatic carbocycles. The van der Waals surface area contributed by atoms with E-state index in [0.717, 1.165) is 22.3 Å². The maximum Gasteiger partial charge on any atom is 0.290 e. The first kappa shape index (κ1) is 40.0. The van der Waals surface area contributed by atoms with Gasteiger partial charge in [-0.2, -0.15) is 35.7 Å². The molecule has 16 heteroatoms. The minimum absolute atomic E-state index is 0.159. The molecule has 0 bridgehead atoms. The van der Waals surface area contributed by atoms with Gasteiger partial charge in [0.1, 0.15) is 11.5 Å². The van der Waals surface area contributed by atoms with Gasteiger partial charge < -0.3 is 8.37 Å². The molecule has 0 saturated carbocycles. The fourth-order valence-corrected chi connectivity index (χ4v) is 8.08. The van der Waals surface area contributed by atoms with Crippen LogP contribution in [0.4, 0.5) is 0 Å². The second kappa shape index (κ2) is 19.8. The first-order chi connectivity index (χ1) is 25.0. The van der Waals surface area contributed by atoms with Gasteiger partial charge in [0.05, 0.1) is 9.79 Å². The van der Waals surface area contributed by atoms with Gasteiger partial charge >= 0.3 is 0 Å². The van der Waals surface area contributed by atoms with Crippen LogP contribution < -0.4 is 8.37 Å². The van der Waals surface area contributed by atoms with Crippen LogP contribution in [0.25, 0.3) is 0 Å². The van der Waals surface area contributed by atoms with Gasteiger partial charge in [-0.25, -0.2) is 8.42 Å². The molecule has 0 aromatic heterocycles. The Balaban J connectivity index is 1.39. The zero-order valence-electron chi connectivity index (χ0n) is 29.6. The van der Waals surface area contributed by atoms with Gasteiger partial charge in [-0.15, -0.1) is 0 Å². The molecule has 0 amide bonds. The van der Waals surface area contributed by atoms with Crippen LogP contribution in [-0.4, -0.2) is 87.9 Å². The van der Waals surface area contributed by atoms with E-state index in [2.05, 4.69) is 0 Å². The average Bonchev–Trinajstić information content (AvgIpc) is 3.12. The van der Waals surface area contributed by atoms with Crippen LogP contribution in [0.3, 0.4) is 0 Å². The predicted molar refractivity (Wildman–Crippen MR) is 204 cm³/mol. The summed E-state index contributed by atoms with van der Waals surface area (Å²) in [5, 5.41) is 3.05. The lowest BCUT2D eigenvalue weighted by molar-refractivity contribution is -0.0969. The number of rotatable bonds is 12. The number of hydroxylamine groups is 4. The van der Waals surface area contributed by atoms with Gasteiger partial charge in [0.15, 0.2) is 0 Å². The van der Waals surface area contributed by atoms with Crippen molar-refractivity contribution < 1.29 is 33.8 Å². The molecule has 4 aromatic rings. The topological polar surface area (TPSA) is 118 Å². The zero-order chi connectivity index (χ0) is 37.0. The van der Waals surface area contributed by atoms with Crippen LogP contribution in [-0.2, 0) is 53.3 Å². The number of aryl methyl sites for hydroxylation is 4. The van der Waals surface area contributed by atoms with Gasteiger partial charge in [0.25, 0.3) is 22.5 Å². The molecule has 12 nitrogen and oxygen atoms in total. The van der Waals surface area contributed by atoms with Crippen molar-refractivity contribution in [1.82, 2.24) is 18.7 Å². The molecule has 1 aliphatic heterocycles. The Bertz CT molecular complexity index is 1700. The summed E-state index contributed by atoms with van der Waals surface area (Å²) in [6.07, 6.45) is 0. The second-order valence-electron chi connectivity index (χ2n) is 12.2. The Morgan fingerprint density at radius 1 is 0.404 bits per heavy atom. The van der Waals surface area contributed by atoms with E-state index >= 15 is 0 Å². The van der Waals surface area contributed by atoms with E-state index in [-0.39, 0.29) is 52.4 Å². The summed E-state index contributed by atoms with van der Waals surface area (Å²) in [7, 11) is 0. The monoisotopic (exact) mass is 788 g/mol. The summed E-state index contributed by atoms with van der Waals surface area (Å²) in [6.45, 7) is 9.11. The van der Waals surface area contributed by atoms with Crippen molar-refractivity contribution in [3.05, 3.63) is 119 Å². The standard InChI is InChI=1S/C36H44N4O8S4/c1-29-5-13-33(14-6-29)45-51(43)39-25-23-37(47-49(41)35-17-9-31(3)10-18-35)21-22-38(48-50(42)36-19-11-32(4)12-20-36)24-26-40(28-27-39)52(44)46-34-15-7-30(2)8-16-34/h5-20H,21-28H2,1-4H3. The van der Waals surface area contributed by atoms with E-state index in [1.807, 2.05) is 76.2 Å². The Hall–Kier alpha value is -3.16. The van der Waals surface area contributed by atoms with Crippen LogP contribution in [0.1, 0.15) is 22.3 Å². The maximum atomic E-state index is 13.7. The van der Waals surface area contributed by atoms with Crippen molar-refractivity contribution in [2.75, 3.05) is 52.4 Å². The molecule has 280 valence electrons. The fourth-order valence-electron chi connectivity index (χ4n) is 4.82. The predicted octanol–water partition coefficient (Wildman–Crippen LogP) is 5.07. The molecular formula is C36H44N4O8S4. The Kier molecular flexibility index (Phi) is 15.2. The lowest BCUT2D eigenvalue weighted by Gasteiger charge is -2.31. The lowest BCUT2D eigenvalue weighted by atomic mass is 10.2. The molecule has 0 radical (unpaired) electrons. The number of hydrogen-bond acceptors (Lipinski definition) is 10. The minimum Gasteiger partial charge on any atom is -0.389 e. The third kappa shape index (κ3) is 12.5. The SMILES string of the molecule is Cc1ccc(OS(=O)N2CCN(OS(=O)c3ccc(C)cc3)CCN(OS(=O)c3ccc(C)cc3)CCN(S(=O)Oc3ccc(C)cc3)CC2)cc1. The molecule has 0 N–H and O–H groups in total. The van der Waals surface area contributed by atoms with Crippen LogP contribution in [0.2, 0.25) is 0 Å². The van der Waals surface area contributed by atoms with E-state index in [1.54, 1.807) is 57.1 Å². The Morgan fingerprint density at radius 2 is 0.673 bits per heavy atom. The van der Waals surface area contributed by atoms with E-state index < -0.39 is 44.7 Å². The number of nitrogens with zero attached hydrogens (tertiary/aromatic N) is 4. The summed E-state index contributed by atoms with van der Waals surface area (Å²) >= 11 is -7.59. The van der Waals surface area contributed by atoms with E-state index in [1.165, 1.54) is 10.1 Å². The van der Waals surface area contributed by atoms with Crippen LogP contribution in [0, 0.1) is 27.7 Å². The summed E-state index contributed by atoms with van der Waals surface area (Å²) < 4.78 is 80.9. The minimum atomic E-state index is -1.95. The van der Waals surface area contributed by atoms with Crippen LogP contribution in [0.15, 0.2) is 107 Å². The van der Waals surface area contributed by atoms with Crippen molar-refractivity contribution in [2.24, 2.45) is 0 Å². The summed E-state index contributed by atoms with van der Waals surface area (Å²) in [4.78, 5) is 0.972. The molecule has 1 saturated heterocycles. The summed E-state index contributed by atoms with van der Waals surface area (Å²) in [5.74, 6) is 0.863. The zero-order valence-corrected chi connectivity index (χ0v) is 32.8.